The quantitative estimate of drug-likeness (QED) is 0.804. The van der Waals surface area contributed by atoms with Crippen molar-refractivity contribution in [1.29, 1.82) is 0 Å². The van der Waals surface area contributed by atoms with Crippen LogP contribution in [0.3, 0.4) is 0 Å². The standard InChI is InChI=1S/C14H12BrClN2O/c1-8-7-9(16)5-6-12(8)18-14(19)10-3-2-4-11(17)13(10)15/h2-7H,17H2,1H3,(H,18,19). The van der Waals surface area contributed by atoms with Gasteiger partial charge in [-0.15, -0.1) is 0 Å². The summed E-state index contributed by atoms with van der Waals surface area (Å²) in [6.07, 6.45) is 0. The molecular formula is C14H12BrClN2O. The van der Waals surface area contributed by atoms with E-state index in [1.807, 2.05) is 6.92 Å². The highest BCUT2D eigenvalue weighted by Gasteiger charge is 2.12. The van der Waals surface area contributed by atoms with Crippen molar-refractivity contribution in [1.82, 2.24) is 0 Å². The summed E-state index contributed by atoms with van der Waals surface area (Å²) in [5.74, 6) is -0.218. The van der Waals surface area contributed by atoms with Crippen LogP contribution in [0.2, 0.25) is 5.02 Å². The second-order valence-corrected chi connectivity index (χ2v) is 5.35. The fourth-order valence-electron chi connectivity index (χ4n) is 1.68. The predicted molar refractivity (Wildman–Crippen MR) is 82.7 cm³/mol. The fourth-order valence-corrected chi connectivity index (χ4v) is 2.35. The molecule has 3 nitrogen and oxygen atoms in total. The number of rotatable bonds is 2. The minimum absolute atomic E-state index is 0.218. The summed E-state index contributed by atoms with van der Waals surface area (Å²) >= 11 is 9.20. The highest BCUT2D eigenvalue weighted by atomic mass is 79.9. The van der Waals surface area contributed by atoms with E-state index in [9.17, 15) is 4.79 Å². The summed E-state index contributed by atoms with van der Waals surface area (Å²) in [6.45, 7) is 1.88. The number of aryl methyl sites for hydroxylation is 1. The SMILES string of the molecule is Cc1cc(Cl)ccc1NC(=O)c1cccc(N)c1Br. The zero-order valence-corrected chi connectivity index (χ0v) is 12.5. The van der Waals surface area contributed by atoms with Crippen LogP contribution >= 0.6 is 27.5 Å². The summed E-state index contributed by atoms with van der Waals surface area (Å²) in [7, 11) is 0. The van der Waals surface area contributed by atoms with Crippen molar-refractivity contribution in [3.8, 4) is 0 Å². The molecule has 0 aliphatic carbocycles. The van der Waals surface area contributed by atoms with Crippen LogP contribution in [0.25, 0.3) is 0 Å². The Kier molecular flexibility index (Phi) is 4.12. The molecule has 2 rings (SSSR count). The van der Waals surface area contributed by atoms with Gasteiger partial charge in [-0.05, 0) is 58.7 Å². The van der Waals surface area contributed by atoms with Crippen LogP contribution in [-0.2, 0) is 0 Å². The third kappa shape index (κ3) is 3.08. The lowest BCUT2D eigenvalue weighted by molar-refractivity contribution is 0.102. The number of halogens is 2. The number of anilines is 2. The monoisotopic (exact) mass is 338 g/mol. The number of carbonyl (C=O) groups excluding carboxylic acids is 1. The molecule has 0 aliphatic rings. The van der Waals surface area contributed by atoms with E-state index in [1.165, 1.54) is 0 Å². The van der Waals surface area contributed by atoms with Gasteiger partial charge < -0.3 is 11.1 Å². The van der Waals surface area contributed by atoms with E-state index < -0.39 is 0 Å². The number of hydrogen-bond acceptors (Lipinski definition) is 2. The van der Waals surface area contributed by atoms with Gasteiger partial charge in [-0.2, -0.15) is 0 Å². The summed E-state index contributed by atoms with van der Waals surface area (Å²) in [6, 6.07) is 10.5. The molecule has 0 unspecified atom stereocenters. The summed E-state index contributed by atoms with van der Waals surface area (Å²) in [5.41, 5.74) is 8.41. The molecule has 0 saturated carbocycles. The van der Waals surface area contributed by atoms with Crippen molar-refractivity contribution >= 4 is 44.8 Å². The lowest BCUT2D eigenvalue weighted by atomic mass is 10.1. The van der Waals surface area contributed by atoms with Gasteiger partial charge in [-0.1, -0.05) is 17.7 Å². The molecule has 5 heteroatoms. The normalized spacial score (nSPS) is 10.3. The summed E-state index contributed by atoms with van der Waals surface area (Å²) < 4.78 is 0.596. The van der Waals surface area contributed by atoms with Crippen molar-refractivity contribution < 1.29 is 4.79 Å². The third-order valence-corrected chi connectivity index (χ3v) is 3.83. The maximum atomic E-state index is 12.2. The molecule has 2 aromatic carbocycles. The largest absolute Gasteiger partial charge is 0.398 e. The van der Waals surface area contributed by atoms with Gasteiger partial charge in [-0.3, -0.25) is 4.79 Å². The lowest BCUT2D eigenvalue weighted by Crippen LogP contribution is -2.14. The van der Waals surface area contributed by atoms with Crippen LogP contribution in [0.4, 0.5) is 11.4 Å². The third-order valence-electron chi connectivity index (χ3n) is 2.71. The maximum Gasteiger partial charge on any atom is 0.256 e. The Morgan fingerprint density at radius 1 is 1.32 bits per heavy atom. The molecule has 0 saturated heterocycles. The lowest BCUT2D eigenvalue weighted by Gasteiger charge is -2.10. The van der Waals surface area contributed by atoms with Gasteiger partial charge in [0.05, 0.1) is 10.0 Å². The molecule has 98 valence electrons. The van der Waals surface area contributed by atoms with E-state index in [2.05, 4.69) is 21.2 Å². The van der Waals surface area contributed by atoms with Crippen LogP contribution in [-0.4, -0.2) is 5.91 Å². The van der Waals surface area contributed by atoms with Crippen LogP contribution in [0.5, 0.6) is 0 Å². The molecule has 0 aliphatic heterocycles. The first-order valence-corrected chi connectivity index (χ1v) is 6.77. The van der Waals surface area contributed by atoms with Gasteiger partial charge in [0.1, 0.15) is 0 Å². The molecule has 0 fully saturated rings. The minimum atomic E-state index is -0.218. The molecule has 0 atom stereocenters. The van der Waals surface area contributed by atoms with Gasteiger partial charge in [0.15, 0.2) is 0 Å². The Labute approximate surface area is 124 Å². The van der Waals surface area contributed by atoms with Crippen molar-refractivity contribution in [2.24, 2.45) is 0 Å². The van der Waals surface area contributed by atoms with Crippen LogP contribution in [0.1, 0.15) is 15.9 Å². The van der Waals surface area contributed by atoms with Crippen molar-refractivity contribution in [3.63, 3.8) is 0 Å². The number of hydrogen-bond donors (Lipinski definition) is 2. The summed E-state index contributed by atoms with van der Waals surface area (Å²) in [5, 5.41) is 3.48. The van der Waals surface area contributed by atoms with E-state index >= 15 is 0 Å². The molecule has 19 heavy (non-hydrogen) atoms. The van der Waals surface area contributed by atoms with Gasteiger partial charge in [0, 0.05) is 16.4 Å². The Morgan fingerprint density at radius 2 is 2.05 bits per heavy atom. The zero-order valence-electron chi connectivity index (χ0n) is 10.2. The minimum Gasteiger partial charge on any atom is -0.398 e. The summed E-state index contributed by atoms with van der Waals surface area (Å²) in [4.78, 5) is 12.2. The molecule has 0 spiro atoms. The smallest absolute Gasteiger partial charge is 0.256 e. The number of benzene rings is 2. The Bertz CT molecular complexity index is 643. The Balaban J connectivity index is 2.28. The van der Waals surface area contributed by atoms with Crippen molar-refractivity contribution in [2.75, 3.05) is 11.1 Å². The van der Waals surface area contributed by atoms with Crippen LogP contribution in [0.15, 0.2) is 40.9 Å². The van der Waals surface area contributed by atoms with E-state index in [-0.39, 0.29) is 5.91 Å². The molecule has 0 bridgehead atoms. The average molecular weight is 340 g/mol. The van der Waals surface area contributed by atoms with Crippen molar-refractivity contribution in [3.05, 3.63) is 57.0 Å². The Hall–Kier alpha value is -1.52. The van der Waals surface area contributed by atoms with Gasteiger partial charge in [0.2, 0.25) is 0 Å². The van der Waals surface area contributed by atoms with Gasteiger partial charge in [-0.25, -0.2) is 0 Å². The number of nitrogens with one attached hydrogen (secondary N) is 1. The number of nitrogen functional groups attached to an aromatic ring is 1. The first-order chi connectivity index (χ1) is 8.99. The number of carbonyl (C=O) groups is 1. The van der Waals surface area contributed by atoms with E-state index in [1.54, 1.807) is 36.4 Å². The molecule has 0 radical (unpaired) electrons. The van der Waals surface area contributed by atoms with E-state index in [4.69, 9.17) is 17.3 Å². The Morgan fingerprint density at radius 3 is 2.74 bits per heavy atom. The van der Waals surface area contributed by atoms with Gasteiger partial charge >= 0.3 is 0 Å². The first kappa shape index (κ1) is 13.9. The van der Waals surface area contributed by atoms with Crippen molar-refractivity contribution in [2.45, 2.75) is 6.92 Å². The predicted octanol–water partition coefficient (Wildman–Crippen LogP) is 4.25. The zero-order chi connectivity index (χ0) is 14.0. The van der Waals surface area contributed by atoms with E-state index in [0.717, 1.165) is 11.3 Å². The topological polar surface area (TPSA) is 55.1 Å². The molecular weight excluding hydrogens is 328 g/mol. The molecule has 2 aromatic rings. The maximum absolute atomic E-state index is 12.2. The molecule has 0 heterocycles. The van der Waals surface area contributed by atoms with Gasteiger partial charge in [0.25, 0.3) is 5.91 Å². The first-order valence-electron chi connectivity index (χ1n) is 5.60. The van der Waals surface area contributed by atoms with Crippen LogP contribution < -0.4 is 11.1 Å². The van der Waals surface area contributed by atoms with Crippen LogP contribution in [0, 0.1) is 6.92 Å². The molecule has 0 aromatic heterocycles. The average Bonchev–Trinajstić information content (AvgIpc) is 2.36. The molecule has 1 amide bonds. The number of nitrogens with two attached hydrogens (primary N) is 1. The number of amides is 1. The molecule has 3 N–H and O–H groups in total. The van der Waals surface area contributed by atoms with E-state index in [0.29, 0.717) is 20.7 Å². The fraction of sp³-hybridized carbons (Fsp3) is 0.0714. The second kappa shape index (κ2) is 5.63. The highest BCUT2D eigenvalue weighted by molar-refractivity contribution is 9.10. The highest BCUT2D eigenvalue weighted by Crippen LogP contribution is 2.26. The second-order valence-electron chi connectivity index (χ2n) is 4.12.